The van der Waals surface area contributed by atoms with Crippen molar-refractivity contribution in [2.75, 3.05) is 18.5 Å². The second-order valence-electron chi connectivity index (χ2n) is 5.88. The maximum Gasteiger partial charge on any atom is 0.236 e. The van der Waals surface area contributed by atoms with Crippen molar-refractivity contribution in [2.45, 2.75) is 25.2 Å². The minimum Gasteiger partial charge on any atom is -0.381 e. The van der Waals surface area contributed by atoms with Crippen LogP contribution in [0, 0.1) is 6.92 Å². The fourth-order valence-corrected chi connectivity index (χ4v) is 3.18. The molecule has 3 rings (SSSR count). The molecular formula is C18H19ClN2O2. The van der Waals surface area contributed by atoms with Crippen LogP contribution in [0.5, 0.6) is 0 Å². The zero-order valence-corrected chi connectivity index (χ0v) is 13.8. The van der Waals surface area contributed by atoms with Crippen LogP contribution in [0.1, 0.15) is 24.0 Å². The van der Waals surface area contributed by atoms with E-state index in [2.05, 4.69) is 10.3 Å². The number of anilines is 1. The van der Waals surface area contributed by atoms with Gasteiger partial charge in [0.05, 0.1) is 5.41 Å². The lowest BCUT2D eigenvalue weighted by atomic mass is 9.73. The van der Waals surface area contributed by atoms with Crippen LogP contribution in [-0.2, 0) is 14.9 Å². The van der Waals surface area contributed by atoms with Crippen LogP contribution in [0.25, 0.3) is 0 Å². The van der Waals surface area contributed by atoms with Gasteiger partial charge < -0.3 is 10.1 Å². The lowest BCUT2D eigenvalue weighted by Gasteiger charge is -2.36. The molecule has 5 heteroatoms. The third-order valence-electron chi connectivity index (χ3n) is 4.32. The molecular weight excluding hydrogens is 312 g/mol. The molecule has 1 saturated heterocycles. The molecule has 0 aliphatic carbocycles. The summed E-state index contributed by atoms with van der Waals surface area (Å²) in [7, 11) is 0. The summed E-state index contributed by atoms with van der Waals surface area (Å²) in [5.74, 6) is 0.518. The van der Waals surface area contributed by atoms with Gasteiger partial charge in [-0.2, -0.15) is 0 Å². The molecule has 120 valence electrons. The molecule has 1 aromatic carbocycles. The number of benzene rings is 1. The van der Waals surface area contributed by atoms with E-state index in [1.54, 1.807) is 6.20 Å². The van der Waals surface area contributed by atoms with Crippen LogP contribution in [0.2, 0.25) is 5.02 Å². The van der Waals surface area contributed by atoms with E-state index in [0.717, 1.165) is 11.1 Å². The zero-order chi connectivity index (χ0) is 16.3. The number of rotatable bonds is 3. The van der Waals surface area contributed by atoms with Gasteiger partial charge in [-0.15, -0.1) is 0 Å². The summed E-state index contributed by atoms with van der Waals surface area (Å²) in [6, 6.07) is 11.3. The van der Waals surface area contributed by atoms with E-state index in [1.165, 1.54) is 0 Å². The fraction of sp³-hybridized carbons (Fsp3) is 0.333. The number of hydrogen-bond donors (Lipinski definition) is 1. The lowest BCUT2D eigenvalue weighted by Crippen LogP contribution is -2.45. The molecule has 0 spiro atoms. The van der Waals surface area contributed by atoms with Gasteiger partial charge in [0.25, 0.3) is 0 Å². The molecule has 23 heavy (non-hydrogen) atoms. The standard InChI is InChI=1S/C18H19ClN2O2/c1-13-5-8-20-16(11-13)21-17(22)18(6-9-23-10-7-18)14-3-2-4-15(19)12-14/h2-5,8,11-12H,6-7,9-10H2,1H3,(H,20,21,22). The zero-order valence-electron chi connectivity index (χ0n) is 13.0. The molecule has 0 saturated carbocycles. The molecule has 1 N–H and O–H groups in total. The van der Waals surface area contributed by atoms with Gasteiger partial charge in [-0.25, -0.2) is 4.98 Å². The third-order valence-corrected chi connectivity index (χ3v) is 4.55. The summed E-state index contributed by atoms with van der Waals surface area (Å²) in [5.41, 5.74) is 1.35. The van der Waals surface area contributed by atoms with Crippen molar-refractivity contribution in [3.8, 4) is 0 Å². The number of hydrogen-bond acceptors (Lipinski definition) is 3. The van der Waals surface area contributed by atoms with E-state index in [4.69, 9.17) is 16.3 Å². The second-order valence-corrected chi connectivity index (χ2v) is 6.31. The average Bonchev–Trinajstić information content (AvgIpc) is 2.55. The van der Waals surface area contributed by atoms with Crippen LogP contribution in [-0.4, -0.2) is 24.1 Å². The van der Waals surface area contributed by atoms with E-state index in [0.29, 0.717) is 36.9 Å². The van der Waals surface area contributed by atoms with Crippen molar-refractivity contribution in [2.24, 2.45) is 0 Å². The Morgan fingerprint density at radius 1 is 1.26 bits per heavy atom. The van der Waals surface area contributed by atoms with Crippen molar-refractivity contribution in [3.63, 3.8) is 0 Å². The number of pyridine rings is 1. The van der Waals surface area contributed by atoms with Crippen molar-refractivity contribution in [3.05, 3.63) is 58.7 Å². The van der Waals surface area contributed by atoms with Gasteiger partial charge in [-0.1, -0.05) is 23.7 Å². The molecule has 2 aromatic rings. The Morgan fingerprint density at radius 2 is 2.04 bits per heavy atom. The predicted molar refractivity (Wildman–Crippen MR) is 90.8 cm³/mol. The van der Waals surface area contributed by atoms with Crippen molar-refractivity contribution in [1.29, 1.82) is 0 Å². The summed E-state index contributed by atoms with van der Waals surface area (Å²) < 4.78 is 5.47. The Bertz CT molecular complexity index is 712. The van der Waals surface area contributed by atoms with E-state index in [-0.39, 0.29) is 5.91 Å². The number of amides is 1. The number of ether oxygens (including phenoxy) is 1. The van der Waals surface area contributed by atoms with E-state index in [9.17, 15) is 4.79 Å². The average molecular weight is 331 g/mol. The fourth-order valence-electron chi connectivity index (χ4n) is 2.99. The van der Waals surface area contributed by atoms with Gasteiger partial charge in [-0.3, -0.25) is 4.79 Å². The minimum atomic E-state index is -0.630. The first-order chi connectivity index (χ1) is 11.1. The highest BCUT2D eigenvalue weighted by Gasteiger charge is 2.42. The van der Waals surface area contributed by atoms with Gasteiger partial charge in [0, 0.05) is 24.4 Å². The molecule has 0 unspecified atom stereocenters. The summed E-state index contributed by atoms with van der Waals surface area (Å²) in [6.45, 7) is 3.08. The van der Waals surface area contributed by atoms with Crippen LogP contribution >= 0.6 is 11.6 Å². The monoisotopic (exact) mass is 330 g/mol. The van der Waals surface area contributed by atoms with Crippen molar-refractivity contribution in [1.82, 2.24) is 4.98 Å². The van der Waals surface area contributed by atoms with E-state index >= 15 is 0 Å². The minimum absolute atomic E-state index is 0.0545. The van der Waals surface area contributed by atoms with Crippen LogP contribution < -0.4 is 5.32 Å². The molecule has 2 heterocycles. The largest absolute Gasteiger partial charge is 0.381 e. The molecule has 0 radical (unpaired) electrons. The highest BCUT2D eigenvalue weighted by atomic mass is 35.5. The first-order valence-corrected chi connectivity index (χ1v) is 8.06. The van der Waals surface area contributed by atoms with Gasteiger partial charge in [-0.05, 0) is 55.2 Å². The maximum absolute atomic E-state index is 13.1. The number of halogens is 1. The molecule has 1 aliphatic rings. The molecule has 1 aromatic heterocycles. The van der Waals surface area contributed by atoms with Crippen LogP contribution in [0.4, 0.5) is 5.82 Å². The molecule has 0 atom stereocenters. The Kier molecular flexibility index (Phi) is 4.64. The molecule has 1 aliphatic heterocycles. The normalized spacial score (nSPS) is 16.8. The Balaban J connectivity index is 1.94. The number of aromatic nitrogens is 1. The van der Waals surface area contributed by atoms with Crippen LogP contribution in [0.15, 0.2) is 42.6 Å². The molecule has 1 fully saturated rings. The Hall–Kier alpha value is -1.91. The van der Waals surface area contributed by atoms with Crippen molar-refractivity contribution >= 4 is 23.3 Å². The quantitative estimate of drug-likeness (QED) is 0.933. The number of carbonyl (C=O) groups excluding carboxylic acids is 1. The number of aryl methyl sites for hydroxylation is 1. The number of nitrogens with one attached hydrogen (secondary N) is 1. The van der Waals surface area contributed by atoms with Crippen LogP contribution in [0.3, 0.4) is 0 Å². The highest BCUT2D eigenvalue weighted by Crippen LogP contribution is 2.37. The first-order valence-electron chi connectivity index (χ1n) is 7.68. The maximum atomic E-state index is 13.1. The molecule has 4 nitrogen and oxygen atoms in total. The smallest absolute Gasteiger partial charge is 0.236 e. The molecule has 0 bridgehead atoms. The second kappa shape index (κ2) is 6.69. The summed E-state index contributed by atoms with van der Waals surface area (Å²) in [5, 5.41) is 3.60. The summed E-state index contributed by atoms with van der Waals surface area (Å²) >= 11 is 6.14. The predicted octanol–water partition coefficient (Wildman–Crippen LogP) is 3.73. The lowest BCUT2D eigenvalue weighted by molar-refractivity contribution is -0.125. The summed E-state index contributed by atoms with van der Waals surface area (Å²) in [6.07, 6.45) is 2.96. The SMILES string of the molecule is Cc1ccnc(NC(=O)C2(c3cccc(Cl)c3)CCOCC2)c1. The van der Waals surface area contributed by atoms with Gasteiger partial charge >= 0.3 is 0 Å². The van der Waals surface area contributed by atoms with Crippen molar-refractivity contribution < 1.29 is 9.53 Å². The van der Waals surface area contributed by atoms with E-state index < -0.39 is 5.41 Å². The van der Waals surface area contributed by atoms with Gasteiger partial charge in [0.1, 0.15) is 5.82 Å². The number of nitrogens with zero attached hydrogens (tertiary/aromatic N) is 1. The summed E-state index contributed by atoms with van der Waals surface area (Å²) in [4.78, 5) is 17.3. The Labute approximate surface area is 140 Å². The van der Waals surface area contributed by atoms with E-state index in [1.807, 2.05) is 43.3 Å². The topological polar surface area (TPSA) is 51.2 Å². The Morgan fingerprint density at radius 3 is 2.74 bits per heavy atom. The molecule has 1 amide bonds. The first kappa shape index (κ1) is 16.0. The highest BCUT2D eigenvalue weighted by molar-refractivity contribution is 6.30. The van der Waals surface area contributed by atoms with Gasteiger partial charge in [0.15, 0.2) is 0 Å². The third kappa shape index (κ3) is 3.38. The van der Waals surface area contributed by atoms with Gasteiger partial charge in [0.2, 0.25) is 5.91 Å². The number of carbonyl (C=O) groups is 1.